The molecule has 0 aliphatic heterocycles. The van der Waals surface area contributed by atoms with Gasteiger partial charge in [-0.3, -0.25) is 0 Å². The normalized spacial score (nSPS) is 13.2. The van der Waals surface area contributed by atoms with Gasteiger partial charge < -0.3 is 5.32 Å². The highest BCUT2D eigenvalue weighted by Gasteiger charge is 2.07. The summed E-state index contributed by atoms with van der Waals surface area (Å²) >= 11 is 7.19. The van der Waals surface area contributed by atoms with Gasteiger partial charge in [-0.15, -0.1) is 11.3 Å². The van der Waals surface area contributed by atoms with E-state index in [2.05, 4.69) is 39.6 Å². The van der Waals surface area contributed by atoms with Gasteiger partial charge in [0.1, 0.15) is 0 Å². The molecule has 1 rings (SSSR count). The van der Waals surface area contributed by atoms with E-state index >= 15 is 0 Å². The zero-order valence-electron chi connectivity index (χ0n) is 7.84. The summed E-state index contributed by atoms with van der Waals surface area (Å²) in [6.45, 7) is 0. The fourth-order valence-electron chi connectivity index (χ4n) is 1.15. The van der Waals surface area contributed by atoms with Gasteiger partial charge in [-0.1, -0.05) is 0 Å². The fraction of sp³-hybridized carbons (Fsp3) is 0.556. The maximum Gasteiger partial charge on any atom is 0.0701 e. The summed E-state index contributed by atoms with van der Waals surface area (Å²) in [6, 6.07) is 4.91. The minimum absolute atomic E-state index is 0.598. The van der Waals surface area contributed by atoms with Crippen LogP contribution in [0.1, 0.15) is 4.88 Å². The average molecular weight is 280 g/mol. The lowest BCUT2D eigenvalue weighted by Gasteiger charge is -2.12. The molecule has 0 aliphatic carbocycles. The number of thioether (sulfide) groups is 1. The van der Waals surface area contributed by atoms with Crippen LogP contribution in [0.25, 0.3) is 0 Å². The molecule has 1 nitrogen and oxygen atoms in total. The Labute approximate surface area is 96.4 Å². The van der Waals surface area contributed by atoms with Gasteiger partial charge in [0, 0.05) is 16.7 Å². The van der Waals surface area contributed by atoms with E-state index in [1.165, 1.54) is 14.4 Å². The Morgan fingerprint density at radius 2 is 2.38 bits per heavy atom. The van der Waals surface area contributed by atoms with E-state index in [9.17, 15) is 0 Å². The van der Waals surface area contributed by atoms with E-state index in [0.29, 0.717) is 6.04 Å². The largest absolute Gasteiger partial charge is 0.316 e. The van der Waals surface area contributed by atoms with Gasteiger partial charge >= 0.3 is 0 Å². The highest BCUT2D eigenvalue weighted by atomic mass is 79.9. The topological polar surface area (TPSA) is 12.0 Å². The molecule has 1 heterocycles. The molecule has 0 saturated carbocycles. The zero-order chi connectivity index (χ0) is 9.68. The van der Waals surface area contributed by atoms with Gasteiger partial charge in [-0.25, -0.2) is 0 Å². The highest BCUT2D eigenvalue weighted by molar-refractivity contribution is 9.11. The van der Waals surface area contributed by atoms with Gasteiger partial charge in [0.2, 0.25) is 0 Å². The van der Waals surface area contributed by atoms with Crippen LogP contribution in [0.2, 0.25) is 0 Å². The van der Waals surface area contributed by atoms with Crippen molar-refractivity contribution in [3.8, 4) is 0 Å². The molecule has 0 fully saturated rings. The number of rotatable bonds is 5. The number of hydrogen-bond donors (Lipinski definition) is 1. The molecule has 0 aliphatic rings. The van der Waals surface area contributed by atoms with Crippen LogP contribution in [0, 0.1) is 0 Å². The fourth-order valence-corrected chi connectivity index (χ4v) is 3.40. The van der Waals surface area contributed by atoms with E-state index in [1.54, 1.807) is 0 Å². The predicted molar refractivity (Wildman–Crippen MR) is 67.0 cm³/mol. The van der Waals surface area contributed by atoms with Crippen molar-refractivity contribution in [2.24, 2.45) is 0 Å². The first-order valence-electron chi connectivity index (χ1n) is 4.16. The molecule has 74 valence electrons. The maximum absolute atomic E-state index is 3.48. The van der Waals surface area contributed by atoms with Crippen LogP contribution in [0.15, 0.2) is 15.9 Å². The quantitative estimate of drug-likeness (QED) is 0.890. The first-order valence-corrected chi connectivity index (χ1v) is 7.17. The number of hydrogen-bond acceptors (Lipinski definition) is 3. The zero-order valence-corrected chi connectivity index (χ0v) is 11.1. The van der Waals surface area contributed by atoms with Gasteiger partial charge in [0.15, 0.2) is 0 Å². The Kier molecular flexibility index (Phi) is 5.39. The van der Waals surface area contributed by atoms with Gasteiger partial charge in [0.25, 0.3) is 0 Å². The van der Waals surface area contributed by atoms with E-state index < -0.39 is 0 Å². The summed E-state index contributed by atoms with van der Waals surface area (Å²) in [5, 5.41) is 3.33. The minimum Gasteiger partial charge on any atom is -0.316 e. The van der Waals surface area contributed by atoms with Crippen LogP contribution in [-0.4, -0.2) is 25.1 Å². The summed E-state index contributed by atoms with van der Waals surface area (Å²) in [4.78, 5) is 1.44. The Hall–Kier alpha value is 0.490. The molecule has 0 bridgehead atoms. The molecule has 0 spiro atoms. The third-order valence-electron chi connectivity index (χ3n) is 1.85. The molecule has 1 unspecified atom stereocenters. The summed E-state index contributed by atoms with van der Waals surface area (Å²) in [6.07, 6.45) is 3.28. The standard InChI is InChI=1S/C9H14BrNS2/c1-11-7(6-12-2)5-8-3-4-9(10)13-8/h3-4,7,11H,5-6H2,1-2H3. The monoisotopic (exact) mass is 279 g/mol. The van der Waals surface area contributed by atoms with E-state index in [4.69, 9.17) is 0 Å². The molecule has 1 aromatic heterocycles. The molecular formula is C9H14BrNS2. The minimum atomic E-state index is 0.598. The molecular weight excluding hydrogens is 266 g/mol. The third-order valence-corrected chi connectivity index (χ3v) is 4.23. The molecule has 0 radical (unpaired) electrons. The van der Waals surface area contributed by atoms with Crippen molar-refractivity contribution in [1.29, 1.82) is 0 Å². The molecule has 0 aromatic carbocycles. The third kappa shape index (κ3) is 4.02. The number of likely N-dealkylation sites (N-methyl/N-ethyl adjacent to an activating group) is 1. The molecule has 4 heteroatoms. The van der Waals surface area contributed by atoms with Crippen molar-refractivity contribution in [2.75, 3.05) is 19.1 Å². The van der Waals surface area contributed by atoms with Gasteiger partial charge in [0.05, 0.1) is 3.79 Å². The van der Waals surface area contributed by atoms with E-state index in [-0.39, 0.29) is 0 Å². The predicted octanol–water partition coefficient (Wildman–Crippen LogP) is 3.00. The Morgan fingerprint density at radius 1 is 1.62 bits per heavy atom. The molecule has 13 heavy (non-hydrogen) atoms. The van der Waals surface area contributed by atoms with Crippen molar-refractivity contribution in [3.63, 3.8) is 0 Å². The second-order valence-corrected chi connectivity index (χ2v) is 6.31. The van der Waals surface area contributed by atoms with Crippen molar-refractivity contribution in [2.45, 2.75) is 12.5 Å². The lowest BCUT2D eigenvalue weighted by Crippen LogP contribution is -2.29. The van der Waals surface area contributed by atoms with Crippen LogP contribution in [0.5, 0.6) is 0 Å². The van der Waals surface area contributed by atoms with Crippen LogP contribution in [0.3, 0.4) is 0 Å². The average Bonchev–Trinajstić information content (AvgIpc) is 2.50. The van der Waals surface area contributed by atoms with Crippen LogP contribution in [0.4, 0.5) is 0 Å². The summed E-state index contributed by atoms with van der Waals surface area (Å²) in [5.74, 6) is 1.17. The summed E-state index contributed by atoms with van der Waals surface area (Å²) in [5.41, 5.74) is 0. The van der Waals surface area contributed by atoms with Crippen LogP contribution < -0.4 is 5.32 Å². The Morgan fingerprint density at radius 3 is 2.85 bits per heavy atom. The Balaban J connectivity index is 2.46. The highest BCUT2D eigenvalue weighted by Crippen LogP contribution is 2.23. The van der Waals surface area contributed by atoms with Crippen LogP contribution >= 0.6 is 39.0 Å². The van der Waals surface area contributed by atoms with Gasteiger partial charge in [-0.05, 0) is 47.8 Å². The van der Waals surface area contributed by atoms with Crippen molar-refractivity contribution < 1.29 is 0 Å². The molecule has 0 amide bonds. The van der Waals surface area contributed by atoms with Crippen molar-refractivity contribution >= 4 is 39.0 Å². The van der Waals surface area contributed by atoms with Gasteiger partial charge in [-0.2, -0.15) is 11.8 Å². The smallest absolute Gasteiger partial charge is 0.0701 e. The van der Waals surface area contributed by atoms with Crippen molar-refractivity contribution in [1.82, 2.24) is 5.32 Å². The van der Waals surface area contributed by atoms with E-state index in [1.807, 2.05) is 30.1 Å². The molecule has 1 aromatic rings. The van der Waals surface area contributed by atoms with Crippen molar-refractivity contribution in [3.05, 3.63) is 20.8 Å². The van der Waals surface area contributed by atoms with E-state index in [0.717, 1.165) is 6.42 Å². The first kappa shape index (κ1) is 11.6. The Bertz CT molecular complexity index is 250. The lowest BCUT2D eigenvalue weighted by atomic mass is 10.2. The number of nitrogens with one attached hydrogen (secondary N) is 1. The lowest BCUT2D eigenvalue weighted by molar-refractivity contribution is 0.622. The second kappa shape index (κ2) is 6.06. The summed E-state index contributed by atoms with van der Waals surface area (Å²) in [7, 11) is 2.03. The number of halogens is 1. The molecule has 0 saturated heterocycles. The van der Waals surface area contributed by atoms with Crippen LogP contribution in [-0.2, 0) is 6.42 Å². The maximum atomic E-state index is 3.48. The molecule has 1 N–H and O–H groups in total. The SMILES string of the molecule is CNC(CSC)Cc1ccc(Br)s1. The first-order chi connectivity index (χ1) is 6.26. The molecule has 1 atom stereocenters. The summed E-state index contributed by atoms with van der Waals surface area (Å²) < 4.78 is 1.22. The second-order valence-electron chi connectivity index (χ2n) is 2.85. The number of thiophene rings is 1.